The van der Waals surface area contributed by atoms with Gasteiger partial charge >= 0.3 is 11.9 Å². The Morgan fingerprint density at radius 3 is 1.46 bits per heavy atom. The van der Waals surface area contributed by atoms with E-state index in [-0.39, 0.29) is 0 Å². The molecule has 0 aliphatic heterocycles. The summed E-state index contributed by atoms with van der Waals surface area (Å²) in [5, 5.41) is 24.9. The van der Waals surface area contributed by atoms with Crippen molar-refractivity contribution in [3.63, 3.8) is 0 Å². The van der Waals surface area contributed by atoms with E-state index in [0.717, 1.165) is 0 Å². The van der Waals surface area contributed by atoms with Gasteiger partial charge in [-0.25, -0.2) is 0 Å². The maximum absolute atomic E-state index is 10.2. The maximum atomic E-state index is 10.2. The normalized spacial score (nSPS) is 14.1. The number of carboxylic acid groups (broad SMARTS) is 2. The van der Waals surface area contributed by atoms with Crippen molar-refractivity contribution in [2.45, 2.75) is 5.44 Å². The number of aliphatic hydroxyl groups is 1. The van der Waals surface area contributed by atoms with Crippen molar-refractivity contribution < 1.29 is 37.9 Å². The number of rotatable bonds is 4. The number of carboxylic acids is 2. The first-order valence-corrected chi connectivity index (χ1v) is 4.28. The minimum atomic E-state index is -5.10. The number of hydrogen-bond acceptors (Lipinski definition) is 5. The van der Waals surface area contributed by atoms with E-state index < -0.39 is 33.4 Å². The van der Waals surface area contributed by atoms with Gasteiger partial charge < -0.3 is 15.3 Å². The van der Waals surface area contributed by atoms with Gasteiger partial charge in [-0.1, -0.05) is 0 Å². The molecule has 0 saturated carbocycles. The van der Waals surface area contributed by atoms with E-state index in [1.165, 1.54) is 0 Å². The Kier molecular flexibility index (Phi) is 3.34. The molecule has 4 N–H and O–H groups in total. The van der Waals surface area contributed by atoms with E-state index in [0.29, 0.717) is 0 Å². The largest absolute Gasteiger partial charge is 0.480 e. The molecule has 8 nitrogen and oxygen atoms in total. The fourth-order valence-corrected chi connectivity index (χ4v) is 1.10. The molecule has 0 rings (SSSR count). The predicted molar refractivity (Wildman–Crippen MR) is 36.3 cm³/mol. The first-order valence-electron chi connectivity index (χ1n) is 2.78. The molecule has 1 unspecified atom stereocenters. The number of carbonyl (C=O) groups is 2. The van der Waals surface area contributed by atoms with Gasteiger partial charge in [0.05, 0.1) is 0 Å². The second kappa shape index (κ2) is 3.68. The molecular formula is C4H6O8S. The first-order chi connectivity index (χ1) is 5.68. The van der Waals surface area contributed by atoms with E-state index in [1.54, 1.807) is 0 Å². The zero-order chi connectivity index (χ0) is 10.8. The van der Waals surface area contributed by atoms with Crippen LogP contribution in [0.4, 0.5) is 0 Å². The van der Waals surface area contributed by atoms with E-state index >= 15 is 0 Å². The molecule has 0 aliphatic carbocycles. The van der Waals surface area contributed by atoms with Crippen LogP contribution in [0.15, 0.2) is 0 Å². The van der Waals surface area contributed by atoms with Crippen molar-refractivity contribution in [1.82, 2.24) is 0 Å². The van der Waals surface area contributed by atoms with Gasteiger partial charge in [0.2, 0.25) is 5.44 Å². The molecule has 0 aliphatic rings. The molecule has 0 saturated heterocycles. The summed E-state index contributed by atoms with van der Waals surface area (Å²) >= 11 is 0. The molecule has 0 aromatic rings. The van der Waals surface area contributed by atoms with Gasteiger partial charge in [0.15, 0.2) is 5.92 Å². The molecule has 0 spiro atoms. The Morgan fingerprint density at radius 1 is 1.08 bits per heavy atom. The lowest BCUT2D eigenvalue weighted by Crippen LogP contribution is -2.39. The van der Waals surface area contributed by atoms with Crippen LogP contribution < -0.4 is 0 Å². The van der Waals surface area contributed by atoms with Crippen LogP contribution in [0.2, 0.25) is 0 Å². The minimum Gasteiger partial charge on any atom is -0.480 e. The summed E-state index contributed by atoms with van der Waals surface area (Å²) in [7, 11) is -5.10. The number of hydrogen-bond donors (Lipinski definition) is 4. The minimum absolute atomic E-state index is 2.06. The van der Waals surface area contributed by atoms with Crippen molar-refractivity contribution in [2.24, 2.45) is 5.92 Å². The summed E-state index contributed by atoms with van der Waals surface area (Å²) in [5.74, 6) is -6.72. The average Bonchev–Trinajstić information content (AvgIpc) is 1.82. The van der Waals surface area contributed by atoms with Crippen LogP contribution in [-0.2, 0) is 19.7 Å². The van der Waals surface area contributed by atoms with Crippen molar-refractivity contribution >= 4 is 22.1 Å². The standard InChI is InChI=1S/C4H6O8S/c5-2(6)1(3(7)8)4(9)13(10,11)12/h1,4,9H,(H,5,6)(H,7,8)(H,10,11,12). The van der Waals surface area contributed by atoms with Crippen LogP contribution in [0.5, 0.6) is 0 Å². The molecule has 13 heavy (non-hydrogen) atoms. The Labute approximate surface area is 72.2 Å². The first kappa shape index (κ1) is 11.8. The van der Waals surface area contributed by atoms with Gasteiger partial charge in [0.1, 0.15) is 0 Å². The Morgan fingerprint density at radius 2 is 1.38 bits per heavy atom. The van der Waals surface area contributed by atoms with Crippen LogP contribution in [0.1, 0.15) is 0 Å². The van der Waals surface area contributed by atoms with Crippen molar-refractivity contribution in [2.75, 3.05) is 0 Å². The highest BCUT2D eigenvalue weighted by atomic mass is 32.2. The number of aliphatic hydroxyl groups excluding tert-OH is 1. The van der Waals surface area contributed by atoms with Crippen LogP contribution in [0.25, 0.3) is 0 Å². The van der Waals surface area contributed by atoms with Crippen molar-refractivity contribution in [3.05, 3.63) is 0 Å². The highest BCUT2D eigenvalue weighted by Crippen LogP contribution is 2.09. The predicted octanol–water partition coefficient (Wildman–Crippen LogP) is -2.02. The summed E-state index contributed by atoms with van der Waals surface area (Å²) in [5.41, 5.74) is -2.87. The lowest BCUT2D eigenvalue weighted by Gasteiger charge is -2.11. The molecule has 0 fully saturated rings. The van der Waals surface area contributed by atoms with E-state index in [9.17, 15) is 18.0 Å². The van der Waals surface area contributed by atoms with Crippen molar-refractivity contribution in [1.29, 1.82) is 0 Å². The lowest BCUT2D eigenvalue weighted by molar-refractivity contribution is -0.157. The van der Waals surface area contributed by atoms with Crippen LogP contribution >= 0.6 is 0 Å². The average molecular weight is 214 g/mol. The molecule has 0 bridgehead atoms. The van der Waals surface area contributed by atoms with Crippen LogP contribution in [-0.4, -0.2) is 45.7 Å². The van der Waals surface area contributed by atoms with Gasteiger partial charge in [-0.2, -0.15) is 8.42 Å². The third-order valence-corrected chi connectivity index (χ3v) is 2.00. The quantitative estimate of drug-likeness (QED) is 0.309. The molecule has 0 heterocycles. The summed E-state index contributed by atoms with van der Waals surface area (Å²) in [6.07, 6.45) is 0. The molecule has 0 aromatic heterocycles. The third kappa shape index (κ3) is 2.97. The van der Waals surface area contributed by atoms with Gasteiger partial charge in [0, 0.05) is 0 Å². The SMILES string of the molecule is O=C(O)C(C(=O)O)C(O)S(=O)(=O)O. The van der Waals surface area contributed by atoms with Gasteiger partial charge in [-0.3, -0.25) is 14.1 Å². The Balaban J connectivity index is 5.00. The summed E-state index contributed by atoms with van der Waals surface area (Å²) in [4.78, 5) is 20.2. The second-order valence-electron chi connectivity index (χ2n) is 2.06. The molecule has 0 amide bonds. The lowest BCUT2D eigenvalue weighted by atomic mass is 10.2. The molecular weight excluding hydrogens is 208 g/mol. The summed E-state index contributed by atoms with van der Waals surface area (Å²) < 4.78 is 28.5. The number of aliphatic carboxylic acids is 2. The summed E-state index contributed by atoms with van der Waals surface area (Å²) in [6, 6.07) is 0. The molecule has 9 heteroatoms. The molecule has 1 atom stereocenters. The highest BCUT2D eigenvalue weighted by Gasteiger charge is 2.41. The smallest absolute Gasteiger partial charge is 0.321 e. The maximum Gasteiger partial charge on any atom is 0.321 e. The van der Waals surface area contributed by atoms with Crippen LogP contribution in [0, 0.1) is 5.92 Å². The fourth-order valence-electron chi connectivity index (χ4n) is 0.522. The zero-order valence-electron chi connectivity index (χ0n) is 5.98. The molecule has 76 valence electrons. The van der Waals surface area contributed by atoms with Crippen molar-refractivity contribution in [3.8, 4) is 0 Å². The third-order valence-electron chi connectivity index (χ3n) is 1.12. The zero-order valence-corrected chi connectivity index (χ0v) is 6.80. The monoisotopic (exact) mass is 214 g/mol. The topological polar surface area (TPSA) is 149 Å². The Bertz CT molecular complexity index is 301. The van der Waals surface area contributed by atoms with E-state index in [1.807, 2.05) is 0 Å². The fraction of sp³-hybridized carbons (Fsp3) is 0.500. The van der Waals surface area contributed by atoms with Crippen LogP contribution in [0.3, 0.4) is 0 Å². The second-order valence-corrected chi connectivity index (χ2v) is 3.57. The van der Waals surface area contributed by atoms with Gasteiger partial charge in [-0.05, 0) is 0 Å². The molecule has 0 radical (unpaired) electrons. The summed E-state index contributed by atoms with van der Waals surface area (Å²) in [6.45, 7) is 0. The molecule has 0 aromatic carbocycles. The highest BCUT2D eigenvalue weighted by molar-refractivity contribution is 7.86. The van der Waals surface area contributed by atoms with E-state index in [4.69, 9.17) is 19.9 Å². The van der Waals surface area contributed by atoms with Gasteiger partial charge in [-0.15, -0.1) is 0 Å². The van der Waals surface area contributed by atoms with Gasteiger partial charge in [0.25, 0.3) is 10.1 Å². The van der Waals surface area contributed by atoms with E-state index in [2.05, 4.69) is 0 Å². The Hall–Kier alpha value is -1.19.